The van der Waals surface area contributed by atoms with Crippen LogP contribution in [0.2, 0.25) is 0 Å². The predicted molar refractivity (Wildman–Crippen MR) is 56.5 cm³/mol. The molecule has 0 amide bonds. The van der Waals surface area contributed by atoms with Gasteiger partial charge in [0.2, 0.25) is 0 Å². The molecule has 2 aliphatic carbocycles. The van der Waals surface area contributed by atoms with E-state index in [0.717, 1.165) is 12.5 Å². The van der Waals surface area contributed by atoms with Crippen LogP contribution in [0.1, 0.15) is 52.4 Å². The van der Waals surface area contributed by atoms with Gasteiger partial charge in [-0.15, -0.1) is 0 Å². The Hall–Kier alpha value is -0.0400. The van der Waals surface area contributed by atoms with Gasteiger partial charge in [0, 0.05) is 0 Å². The molecule has 2 N–H and O–H groups in total. The van der Waals surface area contributed by atoms with Crippen LogP contribution < -0.4 is 5.73 Å². The van der Waals surface area contributed by atoms with Crippen molar-refractivity contribution in [2.24, 2.45) is 22.5 Å². The second-order valence-corrected chi connectivity index (χ2v) is 5.90. The van der Waals surface area contributed by atoms with Crippen LogP contribution in [0.4, 0.5) is 0 Å². The molecule has 0 radical (unpaired) electrons. The van der Waals surface area contributed by atoms with E-state index in [9.17, 15) is 0 Å². The van der Waals surface area contributed by atoms with Gasteiger partial charge in [0.25, 0.3) is 0 Å². The van der Waals surface area contributed by atoms with Gasteiger partial charge in [-0.05, 0) is 36.1 Å². The largest absolute Gasteiger partial charge is 0.330 e. The molecule has 76 valence electrons. The molecule has 0 aromatic carbocycles. The molecular formula is C12H23N. The van der Waals surface area contributed by atoms with Crippen LogP contribution in [-0.4, -0.2) is 6.54 Å². The molecule has 0 saturated heterocycles. The molecule has 0 heterocycles. The fraction of sp³-hybridized carbons (Fsp3) is 1.00. The maximum absolute atomic E-state index is 5.92. The molecule has 2 fully saturated rings. The van der Waals surface area contributed by atoms with Crippen molar-refractivity contribution in [1.29, 1.82) is 0 Å². The lowest BCUT2D eigenvalue weighted by molar-refractivity contribution is 0.299. The molecule has 2 aliphatic rings. The van der Waals surface area contributed by atoms with Crippen molar-refractivity contribution >= 4 is 0 Å². The number of hydrogen-bond acceptors (Lipinski definition) is 1. The minimum absolute atomic E-state index is 0.530. The zero-order chi connectivity index (χ0) is 9.53. The Labute approximate surface area is 82.1 Å². The molecule has 2 saturated carbocycles. The monoisotopic (exact) mass is 181 g/mol. The van der Waals surface area contributed by atoms with Crippen LogP contribution >= 0.6 is 0 Å². The van der Waals surface area contributed by atoms with Crippen LogP contribution in [0.15, 0.2) is 0 Å². The Morgan fingerprint density at radius 2 is 1.77 bits per heavy atom. The zero-order valence-corrected chi connectivity index (χ0v) is 9.10. The molecule has 1 nitrogen and oxygen atoms in total. The number of rotatable bonds is 3. The zero-order valence-electron chi connectivity index (χ0n) is 9.10. The first kappa shape index (κ1) is 9.51. The summed E-state index contributed by atoms with van der Waals surface area (Å²) in [6, 6.07) is 0. The third kappa shape index (κ3) is 1.52. The van der Waals surface area contributed by atoms with Crippen LogP contribution in [0.3, 0.4) is 0 Å². The van der Waals surface area contributed by atoms with Crippen molar-refractivity contribution in [1.82, 2.24) is 0 Å². The van der Waals surface area contributed by atoms with Gasteiger partial charge in [-0.3, -0.25) is 0 Å². The lowest BCUT2D eigenvalue weighted by Gasteiger charge is -2.22. The summed E-state index contributed by atoms with van der Waals surface area (Å²) in [5.74, 6) is 1.00. The Morgan fingerprint density at radius 1 is 1.23 bits per heavy atom. The van der Waals surface area contributed by atoms with Gasteiger partial charge < -0.3 is 5.73 Å². The van der Waals surface area contributed by atoms with Gasteiger partial charge in [0.1, 0.15) is 0 Å². The second kappa shape index (κ2) is 2.98. The fourth-order valence-electron chi connectivity index (χ4n) is 3.35. The quantitative estimate of drug-likeness (QED) is 0.711. The highest BCUT2D eigenvalue weighted by molar-refractivity contribution is 5.10. The summed E-state index contributed by atoms with van der Waals surface area (Å²) in [6.45, 7) is 5.68. The number of hydrogen-bond donors (Lipinski definition) is 1. The summed E-state index contributed by atoms with van der Waals surface area (Å²) in [5.41, 5.74) is 7.00. The summed E-state index contributed by atoms with van der Waals surface area (Å²) in [7, 11) is 0. The van der Waals surface area contributed by atoms with E-state index >= 15 is 0 Å². The molecular weight excluding hydrogens is 158 g/mol. The first-order chi connectivity index (χ1) is 6.10. The van der Waals surface area contributed by atoms with Crippen molar-refractivity contribution in [3.63, 3.8) is 0 Å². The van der Waals surface area contributed by atoms with Crippen molar-refractivity contribution in [2.75, 3.05) is 6.54 Å². The molecule has 2 rings (SSSR count). The summed E-state index contributed by atoms with van der Waals surface area (Å²) < 4.78 is 0. The Morgan fingerprint density at radius 3 is 2.15 bits per heavy atom. The average molecular weight is 181 g/mol. The highest BCUT2D eigenvalue weighted by Crippen LogP contribution is 2.66. The standard InChI is InChI=1S/C12H23N/c1-11(2)8-12(11,9-13)7-10-5-3-4-6-10/h10H,3-9,13H2,1-2H3. The summed E-state index contributed by atoms with van der Waals surface area (Å²) in [5, 5.41) is 0. The van der Waals surface area contributed by atoms with Gasteiger partial charge >= 0.3 is 0 Å². The van der Waals surface area contributed by atoms with Crippen molar-refractivity contribution in [3.8, 4) is 0 Å². The Balaban J connectivity index is 1.92. The average Bonchev–Trinajstić information content (AvgIpc) is 2.52. The summed E-state index contributed by atoms with van der Waals surface area (Å²) in [6.07, 6.45) is 8.65. The summed E-state index contributed by atoms with van der Waals surface area (Å²) in [4.78, 5) is 0. The minimum atomic E-state index is 0.530. The molecule has 1 unspecified atom stereocenters. The molecule has 0 aliphatic heterocycles. The van der Waals surface area contributed by atoms with E-state index in [1.807, 2.05) is 0 Å². The van der Waals surface area contributed by atoms with Gasteiger partial charge in [-0.25, -0.2) is 0 Å². The fourth-order valence-corrected chi connectivity index (χ4v) is 3.35. The molecule has 0 spiro atoms. The molecule has 1 atom stereocenters. The molecule has 0 aromatic heterocycles. The Bertz CT molecular complexity index is 191. The SMILES string of the molecule is CC1(C)CC1(CN)CC1CCCC1. The first-order valence-corrected chi connectivity index (χ1v) is 5.80. The van der Waals surface area contributed by atoms with Gasteiger partial charge in [-0.2, -0.15) is 0 Å². The molecule has 0 bridgehead atoms. The van der Waals surface area contributed by atoms with Gasteiger partial charge in [0.05, 0.1) is 0 Å². The van der Waals surface area contributed by atoms with E-state index in [1.54, 1.807) is 0 Å². The molecule has 1 heteroatoms. The summed E-state index contributed by atoms with van der Waals surface area (Å²) >= 11 is 0. The third-order valence-electron chi connectivity index (χ3n) is 4.64. The highest BCUT2D eigenvalue weighted by Gasteiger charge is 2.60. The van der Waals surface area contributed by atoms with Gasteiger partial charge in [-0.1, -0.05) is 39.5 Å². The predicted octanol–water partition coefficient (Wildman–Crippen LogP) is 2.94. The van der Waals surface area contributed by atoms with E-state index in [2.05, 4.69) is 13.8 Å². The van der Waals surface area contributed by atoms with Crippen molar-refractivity contribution < 1.29 is 0 Å². The van der Waals surface area contributed by atoms with E-state index < -0.39 is 0 Å². The van der Waals surface area contributed by atoms with Crippen LogP contribution in [0.25, 0.3) is 0 Å². The van der Waals surface area contributed by atoms with E-state index in [-0.39, 0.29) is 0 Å². The lowest BCUT2D eigenvalue weighted by atomic mass is 9.85. The third-order valence-corrected chi connectivity index (χ3v) is 4.64. The van der Waals surface area contributed by atoms with Crippen molar-refractivity contribution in [2.45, 2.75) is 52.4 Å². The maximum Gasteiger partial charge on any atom is -0.00151 e. The topological polar surface area (TPSA) is 26.0 Å². The maximum atomic E-state index is 5.92. The van der Waals surface area contributed by atoms with E-state index in [4.69, 9.17) is 5.73 Å². The minimum Gasteiger partial charge on any atom is -0.330 e. The van der Waals surface area contributed by atoms with Crippen LogP contribution in [-0.2, 0) is 0 Å². The number of nitrogens with two attached hydrogens (primary N) is 1. The highest BCUT2D eigenvalue weighted by atomic mass is 14.7. The lowest BCUT2D eigenvalue weighted by Crippen LogP contribution is -2.23. The van der Waals surface area contributed by atoms with Crippen molar-refractivity contribution in [3.05, 3.63) is 0 Å². The van der Waals surface area contributed by atoms with Crippen LogP contribution in [0, 0.1) is 16.7 Å². The van der Waals surface area contributed by atoms with E-state index in [0.29, 0.717) is 10.8 Å². The van der Waals surface area contributed by atoms with Crippen LogP contribution in [0.5, 0.6) is 0 Å². The molecule has 0 aromatic rings. The molecule has 13 heavy (non-hydrogen) atoms. The smallest absolute Gasteiger partial charge is 0.00151 e. The normalized spacial score (nSPS) is 38.1. The van der Waals surface area contributed by atoms with Gasteiger partial charge in [0.15, 0.2) is 0 Å². The Kier molecular flexibility index (Phi) is 2.18. The second-order valence-electron chi connectivity index (χ2n) is 5.90. The van der Waals surface area contributed by atoms with E-state index in [1.165, 1.54) is 38.5 Å². The first-order valence-electron chi connectivity index (χ1n) is 5.80.